The maximum absolute atomic E-state index is 6.09. The smallest absolute Gasteiger partial charge is 0.135 e. The molecule has 310 valence electrons. The molecule has 0 saturated carbocycles. The minimum atomic E-state index is 0.911. The predicted molar refractivity (Wildman–Crippen MR) is 279 cm³/mol. The Morgan fingerprint density at radius 2 is 0.545 bits per heavy atom. The predicted octanol–water partition coefficient (Wildman–Crippen LogP) is 18.2. The summed E-state index contributed by atoms with van der Waals surface area (Å²) in [4.78, 5) is 2.34. The number of hydrogen-bond donors (Lipinski definition) is 0. The molecule has 0 spiro atoms. The summed E-state index contributed by atoms with van der Waals surface area (Å²) in [5.41, 5.74) is 19.4. The van der Waals surface area contributed by atoms with E-state index in [2.05, 4.69) is 254 Å². The molecule has 2 nitrogen and oxygen atoms in total. The Morgan fingerprint density at radius 3 is 1.05 bits per heavy atom. The largest absolute Gasteiger partial charge is 0.456 e. The van der Waals surface area contributed by atoms with Gasteiger partial charge in [-0.05, 0) is 138 Å². The van der Waals surface area contributed by atoms with Gasteiger partial charge in [0.1, 0.15) is 11.2 Å². The number of benzene rings is 11. The second-order valence-electron chi connectivity index (χ2n) is 16.9. The number of hydrogen-bond acceptors (Lipinski definition) is 2. The second kappa shape index (κ2) is 16.8. The van der Waals surface area contributed by atoms with Gasteiger partial charge >= 0.3 is 0 Å². The Kier molecular flexibility index (Phi) is 9.89. The zero-order chi connectivity index (χ0) is 43.8. The van der Waals surface area contributed by atoms with Gasteiger partial charge in [-0.25, -0.2) is 0 Å². The Hall–Kier alpha value is -8.72. The first-order valence-corrected chi connectivity index (χ1v) is 22.5. The third kappa shape index (κ3) is 7.51. The first-order chi connectivity index (χ1) is 32.7. The number of para-hydroxylation sites is 1. The van der Waals surface area contributed by atoms with Crippen molar-refractivity contribution in [2.75, 3.05) is 4.90 Å². The topological polar surface area (TPSA) is 16.4 Å². The highest BCUT2D eigenvalue weighted by atomic mass is 16.3. The van der Waals surface area contributed by atoms with Crippen molar-refractivity contribution in [1.29, 1.82) is 0 Å². The molecule has 12 aromatic rings. The molecule has 0 radical (unpaired) electrons. The molecule has 0 fully saturated rings. The molecule has 0 saturated heterocycles. The van der Waals surface area contributed by atoms with Gasteiger partial charge in [-0.3, -0.25) is 0 Å². The van der Waals surface area contributed by atoms with E-state index in [0.717, 1.165) is 39.0 Å². The van der Waals surface area contributed by atoms with Gasteiger partial charge in [0, 0.05) is 27.8 Å². The molecule has 11 aromatic carbocycles. The van der Waals surface area contributed by atoms with Crippen LogP contribution >= 0.6 is 0 Å². The van der Waals surface area contributed by atoms with Crippen LogP contribution in [0.15, 0.2) is 265 Å². The van der Waals surface area contributed by atoms with Gasteiger partial charge in [0.2, 0.25) is 0 Å². The Bertz CT molecular complexity index is 3630. The van der Waals surface area contributed by atoms with E-state index in [-0.39, 0.29) is 0 Å². The van der Waals surface area contributed by atoms with Crippen LogP contribution in [0, 0.1) is 0 Å². The van der Waals surface area contributed by atoms with E-state index in [4.69, 9.17) is 4.42 Å². The lowest BCUT2D eigenvalue weighted by molar-refractivity contribution is 0.669. The number of nitrogens with zero attached hydrogens (tertiary/aromatic N) is 1. The Labute approximate surface area is 384 Å². The SMILES string of the molecule is c1ccc(-c2ccc(-c3ccc(N(c4ccc(-c5ccc(-c6ccc7ccccc7c6)cc5)cc4)c4ccc(-c5ccc(-c6ccc7oc8ccccc8c7c6)cc5)cc4)cc3)cc2)cc1. The van der Waals surface area contributed by atoms with Crippen molar-refractivity contribution >= 4 is 49.8 Å². The van der Waals surface area contributed by atoms with Gasteiger partial charge < -0.3 is 9.32 Å². The van der Waals surface area contributed by atoms with E-state index >= 15 is 0 Å². The van der Waals surface area contributed by atoms with Crippen LogP contribution in [-0.2, 0) is 0 Å². The summed E-state index contributed by atoms with van der Waals surface area (Å²) in [6.07, 6.45) is 0. The van der Waals surface area contributed by atoms with Crippen LogP contribution in [0.1, 0.15) is 0 Å². The third-order valence-electron chi connectivity index (χ3n) is 12.9. The van der Waals surface area contributed by atoms with Gasteiger partial charge in [0.25, 0.3) is 0 Å². The molecule has 0 aliphatic rings. The molecule has 0 N–H and O–H groups in total. The van der Waals surface area contributed by atoms with Crippen LogP contribution in [0.5, 0.6) is 0 Å². The van der Waals surface area contributed by atoms with Crippen molar-refractivity contribution in [3.8, 4) is 66.8 Å². The highest BCUT2D eigenvalue weighted by Gasteiger charge is 2.15. The van der Waals surface area contributed by atoms with Crippen molar-refractivity contribution in [1.82, 2.24) is 0 Å². The number of furan rings is 1. The molecule has 66 heavy (non-hydrogen) atoms. The van der Waals surface area contributed by atoms with E-state index in [1.54, 1.807) is 0 Å². The van der Waals surface area contributed by atoms with Crippen LogP contribution in [0.2, 0.25) is 0 Å². The molecule has 0 unspecified atom stereocenters. The molecule has 12 rings (SSSR count). The summed E-state index contributed by atoms with van der Waals surface area (Å²) in [7, 11) is 0. The van der Waals surface area contributed by atoms with Crippen LogP contribution in [0.4, 0.5) is 17.1 Å². The molecule has 2 heteroatoms. The summed E-state index contributed by atoms with van der Waals surface area (Å²) >= 11 is 0. The average Bonchev–Trinajstić information content (AvgIpc) is 3.78. The molecule has 0 aliphatic heterocycles. The highest BCUT2D eigenvalue weighted by Crippen LogP contribution is 2.39. The van der Waals surface area contributed by atoms with Gasteiger partial charge in [-0.15, -0.1) is 0 Å². The van der Waals surface area contributed by atoms with Crippen molar-refractivity contribution in [2.45, 2.75) is 0 Å². The summed E-state index contributed by atoms with van der Waals surface area (Å²) in [6, 6.07) is 93.9. The maximum Gasteiger partial charge on any atom is 0.135 e. The van der Waals surface area contributed by atoms with E-state index < -0.39 is 0 Å². The molecule has 1 heterocycles. The number of rotatable bonds is 9. The lowest BCUT2D eigenvalue weighted by atomic mass is 9.98. The summed E-state index contributed by atoms with van der Waals surface area (Å²) in [5.74, 6) is 0. The average molecular weight is 842 g/mol. The summed E-state index contributed by atoms with van der Waals surface area (Å²) in [5, 5.41) is 4.79. The fraction of sp³-hybridized carbons (Fsp3) is 0. The first-order valence-electron chi connectivity index (χ1n) is 22.5. The van der Waals surface area contributed by atoms with Gasteiger partial charge in [-0.1, -0.05) is 200 Å². The highest BCUT2D eigenvalue weighted by molar-refractivity contribution is 6.06. The van der Waals surface area contributed by atoms with Crippen LogP contribution in [0.3, 0.4) is 0 Å². The fourth-order valence-electron chi connectivity index (χ4n) is 9.33. The molecule has 0 bridgehead atoms. The van der Waals surface area contributed by atoms with E-state index in [9.17, 15) is 0 Å². The molecule has 0 atom stereocenters. The molecule has 0 aliphatic carbocycles. The first kappa shape index (κ1) is 38.9. The van der Waals surface area contributed by atoms with Crippen molar-refractivity contribution in [3.63, 3.8) is 0 Å². The van der Waals surface area contributed by atoms with Gasteiger partial charge in [0.05, 0.1) is 0 Å². The second-order valence-corrected chi connectivity index (χ2v) is 16.9. The van der Waals surface area contributed by atoms with E-state index in [1.165, 1.54) is 77.5 Å². The van der Waals surface area contributed by atoms with Crippen molar-refractivity contribution in [3.05, 3.63) is 261 Å². The number of anilines is 3. The zero-order valence-corrected chi connectivity index (χ0v) is 36.2. The molecule has 0 amide bonds. The molecule has 1 aromatic heterocycles. The van der Waals surface area contributed by atoms with Crippen LogP contribution in [-0.4, -0.2) is 0 Å². The quantitative estimate of drug-likeness (QED) is 0.144. The monoisotopic (exact) mass is 841 g/mol. The van der Waals surface area contributed by atoms with Crippen LogP contribution < -0.4 is 4.90 Å². The minimum absolute atomic E-state index is 0.911. The third-order valence-corrected chi connectivity index (χ3v) is 12.9. The summed E-state index contributed by atoms with van der Waals surface area (Å²) < 4.78 is 6.09. The lowest BCUT2D eigenvalue weighted by Crippen LogP contribution is -2.09. The van der Waals surface area contributed by atoms with Gasteiger partial charge in [0.15, 0.2) is 0 Å². The normalized spacial score (nSPS) is 11.3. The number of fused-ring (bicyclic) bond motifs is 4. The standard InChI is InChI=1S/C64H43NO/c1-2-8-44(9-3-1)46-14-16-47(17-15-46)50-28-35-58(36-29-50)65(59-37-30-51(31-38-59)48-18-22-53(23-19-48)56-27-26-45-10-4-5-11-55(45)42-56)60-39-32-52(33-40-60)49-20-24-54(25-21-49)57-34-41-64-62(43-57)61-12-6-7-13-63(61)66-64/h1-43H. The van der Waals surface area contributed by atoms with Gasteiger partial charge in [-0.2, -0.15) is 0 Å². The van der Waals surface area contributed by atoms with Crippen molar-refractivity contribution in [2.24, 2.45) is 0 Å². The van der Waals surface area contributed by atoms with E-state index in [0.29, 0.717) is 0 Å². The zero-order valence-electron chi connectivity index (χ0n) is 36.2. The molecular weight excluding hydrogens is 799 g/mol. The van der Waals surface area contributed by atoms with Crippen LogP contribution in [0.25, 0.3) is 99.5 Å². The minimum Gasteiger partial charge on any atom is -0.456 e. The lowest BCUT2D eigenvalue weighted by Gasteiger charge is -2.26. The Balaban J connectivity index is 0.836. The fourth-order valence-corrected chi connectivity index (χ4v) is 9.33. The maximum atomic E-state index is 6.09. The molecular formula is C64H43NO. The van der Waals surface area contributed by atoms with E-state index in [1.807, 2.05) is 12.1 Å². The Morgan fingerprint density at radius 1 is 0.212 bits per heavy atom. The summed E-state index contributed by atoms with van der Waals surface area (Å²) in [6.45, 7) is 0. The van der Waals surface area contributed by atoms with Crippen molar-refractivity contribution < 1.29 is 4.42 Å².